The number of carbonyl (C=O) groups is 1. The average molecular weight is 269 g/mol. The summed E-state index contributed by atoms with van der Waals surface area (Å²) in [6, 6.07) is 0. The second-order valence-electron chi connectivity index (χ2n) is 6.91. The lowest BCUT2D eigenvalue weighted by Crippen LogP contribution is -2.41. The zero-order valence-corrected chi connectivity index (χ0v) is 12.9. The third-order valence-corrected chi connectivity index (χ3v) is 4.02. The van der Waals surface area contributed by atoms with Gasteiger partial charge in [-0.05, 0) is 31.6 Å². The number of nitrogens with one attached hydrogen (secondary N) is 1. The van der Waals surface area contributed by atoms with Crippen LogP contribution in [0, 0.1) is 11.8 Å². The lowest BCUT2D eigenvalue weighted by atomic mass is 9.86. The minimum Gasteiger partial charge on any atom is -0.388 e. The molecule has 1 atom stereocenters. The van der Waals surface area contributed by atoms with Gasteiger partial charge in [-0.15, -0.1) is 0 Å². The summed E-state index contributed by atoms with van der Waals surface area (Å²) in [6.45, 7) is 6.34. The molecule has 1 unspecified atom stereocenters. The van der Waals surface area contributed by atoms with Crippen LogP contribution >= 0.6 is 0 Å². The Kier molecular flexibility index (Phi) is 6.84. The quantitative estimate of drug-likeness (QED) is 0.745. The molecule has 1 rings (SSSR count). The summed E-state index contributed by atoms with van der Waals surface area (Å²) >= 11 is 0. The van der Waals surface area contributed by atoms with E-state index in [4.69, 9.17) is 0 Å². The van der Waals surface area contributed by atoms with Crippen molar-refractivity contribution in [1.82, 2.24) is 5.32 Å². The predicted molar refractivity (Wildman–Crippen MR) is 78.9 cm³/mol. The minimum atomic E-state index is -0.783. The van der Waals surface area contributed by atoms with Crippen LogP contribution in [0.25, 0.3) is 0 Å². The van der Waals surface area contributed by atoms with Crippen molar-refractivity contribution in [3.63, 3.8) is 0 Å². The fourth-order valence-electron chi connectivity index (χ4n) is 3.14. The summed E-state index contributed by atoms with van der Waals surface area (Å²) < 4.78 is 0. The van der Waals surface area contributed by atoms with Gasteiger partial charge in [-0.2, -0.15) is 0 Å². The van der Waals surface area contributed by atoms with Gasteiger partial charge in [-0.25, -0.2) is 0 Å². The first-order valence-corrected chi connectivity index (χ1v) is 7.88. The van der Waals surface area contributed by atoms with E-state index in [2.05, 4.69) is 19.2 Å². The molecule has 3 heteroatoms. The van der Waals surface area contributed by atoms with E-state index in [0.29, 0.717) is 18.9 Å². The van der Waals surface area contributed by atoms with Crippen LogP contribution in [0.1, 0.15) is 72.1 Å². The molecular weight excluding hydrogens is 238 g/mol. The van der Waals surface area contributed by atoms with E-state index in [-0.39, 0.29) is 5.91 Å². The van der Waals surface area contributed by atoms with Crippen molar-refractivity contribution in [2.24, 2.45) is 11.8 Å². The summed E-state index contributed by atoms with van der Waals surface area (Å²) in [5, 5.41) is 13.0. The van der Waals surface area contributed by atoms with Crippen molar-refractivity contribution in [3.05, 3.63) is 0 Å². The number of rotatable bonds is 7. The van der Waals surface area contributed by atoms with Gasteiger partial charge in [0.15, 0.2) is 0 Å². The minimum absolute atomic E-state index is 0.0922. The molecule has 19 heavy (non-hydrogen) atoms. The first-order chi connectivity index (χ1) is 8.89. The van der Waals surface area contributed by atoms with E-state index in [1.165, 1.54) is 32.1 Å². The van der Waals surface area contributed by atoms with Gasteiger partial charge in [0.2, 0.25) is 5.91 Å². The van der Waals surface area contributed by atoms with E-state index in [1.807, 2.05) is 0 Å². The second kappa shape index (κ2) is 7.88. The van der Waals surface area contributed by atoms with Gasteiger partial charge in [0.05, 0.1) is 5.60 Å². The lowest BCUT2D eigenvalue weighted by molar-refractivity contribution is -0.122. The highest BCUT2D eigenvalue weighted by atomic mass is 16.3. The molecule has 1 fully saturated rings. The summed E-state index contributed by atoms with van der Waals surface area (Å²) in [4.78, 5) is 11.8. The normalized spacial score (nSPS) is 20.3. The van der Waals surface area contributed by atoms with Gasteiger partial charge >= 0.3 is 0 Å². The number of hydrogen-bond acceptors (Lipinski definition) is 2. The predicted octanol–water partition coefficient (Wildman–Crippen LogP) is 3.26. The highest BCUT2D eigenvalue weighted by Crippen LogP contribution is 2.27. The van der Waals surface area contributed by atoms with Gasteiger partial charge in [-0.3, -0.25) is 4.79 Å². The molecule has 2 N–H and O–H groups in total. The molecule has 1 aliphatic carbocycles. The topological polar surface area (TPSA) is 49.3 Å². The smallest absolute Gasteiger partial charge is 0.220 e. The fourth-order valence-corrected chi connectivity index (χ4v) is 3.14. The van der Waals surface area contributed by atoms with Crippen molar-refractivity contribution >= 4 is 5.91 Å². The third-order valence-electron chi connectivity index (χ3n) is 4.02. The van der Waals surface area contributed by atoms with Crippen LogP contribution < -0.4 is 5.32 Å². The maximum absolute atomic E-state index is 11.8. The maximum Gasteiger partial charge on any atom is 0.220 e. The van der Waals surface area contributed by atoms with Crippen LogP contribution in [0.2, 0.25) is 0 Å². The van der Waals surface area contributed by atoms with Gasteiger partial charge < -0.3 is 10.4 Å². The van der Waals surface area contributed by atoms with Crippen LogP contribution in [0.5, 0.6) is 0 Å². The Morgan fingerprint density at radius 3 is 2.53 bits per heavy atom. The number of amides is 1. The van der Waals surface area contributed by atoms with Gasteiger partial charge in [0.25, 0.3) is 0 Å². The summed E-state index contributed by atoms with van der Waals surface area (Å²) in [6.07, 6.45) is 8.94. The zero-order valence-electron chi connectivity index (χ0n) is 12.9. The molecule has 0 saturated heterocycles. The molecule has 0 heterocycles. The van der Waals surface area contributed by atoms with Crippen molar-refractivity contribution in [3.8, 4) is 0 Å². The first kappa shape index (κ1) is 16.5. The Bertz CT molecular complexity index is 268. The first-order valence-electron chi connectivity index (χ1n) is 7.88. The van der Waals surface area contributed by atoms with E-state index in [1.54, 1.807) is 6.92 Å². The van der Waals surface area contributed by atoms with Crippen molar-refractivity contribution in [2.45, 2.75) is 77.7 Å². The average Bonchev–Trinajstić information content (AvgIpc) is 2.34. The van der Waals surface area contributed by atoms with Crippen molar-refractivity contribution in [1.29, 1.82) is 0 Å². The molecule has 0 radical (unpaired) electrons. The zero-order chi connectivity index (χ0) is 14.3. The SMILES string of the molecule is CC(C)CC(C)(O)CNC(=O)CCC1CCCCC1. The lowest BCUT2D eigenvalue weighted by Gasteiger charge is -2.26. The Hall–Kier alpha value is -0.570. The van der Waals surface area contributed by atoms with Crippen LogP contribution in [0.15, 0.2) is 0 Å². The highest BCUT2D eigenvalue weighted by molar-refractivity contribution is 5.75. The van der Waals surface area contributed by atoms with Crippen LogP contribution in [0.4, 0.5) is 0 Å². The highest BCUT2D eigenvalue weighted by Gasteiger charge is 2.22. The van der Waals surface area contributed by atoms with E-state index in [9.17, 15) is 9.90 Å². The molecule has 1 saturated carbocycles. The molecule has 0 aromatic rings. The van der Waals surface area contributed by atoms with E-state index >= 15 is 0 Å². The van der Waals surface area contributed by atoms with Gasteiger partial charge in [0, 0.05) is 13.0 Å². The fraction of sp³-hybridized carbons (Fsp3) is 0.938. The second-order valence-corrected chi connectivity index (χ2v) is 6.91. The molecule has 0 aliphatic heterocycles. The third kappa shape index (κ3) is 7.56. The molecule has 1 amide bonds. The monoisotopic (exact) mass is 269 g/mol. The summed E-state index contributed by atoms with van der Waals surface area (Å²) in [5.41, 5.74) is -0.783. The van der Waals surface area contributed by atoms with Crippen LogP contribution in [-0.4, -0.2) is 23.2 Å². The molecule has 112 valence electrons. The Balaban J connectivity index is 2.16. The number of hydrogen-bond donors (Lipinski definition) is 2. The number of carbonyl (C=O) groups excluding carboxylic acids is 1. The maximum atomic E-state index is 11.8. The van der Waals surface area contributed by atoms with Crippen LogP contribution in [-0.2, 0) is 4.79 Å². The van der Waals surface area contributed by atoms with E-state index in [0.717, 1.165) is 18.8 Å². The Morgan fingerprint density at radius 2 is 1.95 bits per heavy atom. The van der Waals surface area contributed by atoms with Gasteiger partial charge in [-0.1, -0.05) is 46.0 Å². The van der Waals surface area contributed by atoms with E-state index < -0.39 is 5.60 Å². The van der Waals surface area contributed by atoms with Gasteiger partial charge in [0.1, 0.15) is 0 Å². The number of aliphatic hydroxyl groups is 1. The molecule has 0 aromatic heterocycles. The summed E-state index contributed by atoms with van der Waals surface area (Å²) in [7, 11) is 0. The van der Waals surface area contributed by atoms with Crippen molar-refractivity contribution in [2.75, 3.05) is 6.54 Å². The molecular formula is C16H31NO2. The molecule has 0 bridgehead atoms. The molecule has 1 aliphatic rings. The van der Waals surface area contributed by atoms with Crippen molar-refractivity contribution < 1.29 is 9.90 Å². The molecule has 0 spiro atoms. The Morgan fingerprint density at radius 1 is 1.32 bits per heavy atom. The molecule has 0 aromatic carbocycles. The molecule has 3 nitrogen and oxygen atoms in total. The summed E-state index contributed by atoms with van der Waals surface area (Å²) in [5.74, 6) is 1.28. The van der Waals surface area contributed by atoms with Crippen LogP contribution in [0.3, 0.4) is 0 Å². The largest absolute Gasteiger partial charge is 0.388 e. The Labute approximate surface area is 118 Å². The standard InChI is InChI=1S/C16H31NO2/c1-13(2)11-16(3,19)12-17-15(18)10-9-14-7-5-4-6-8-14/h13-14,19H,4-12H2,1-3H3,(H,17,18).